The Morgan fingerprint density at radius 1 is 1.35 bits per heavy atom. The lowest BCUT2D eigenvalue weighted by atomic mass is 10.2. The molecule has 0 atom stereocenters. The molecule has 1 fully saturated rings. The minimum Gasteiger partial charge on any atom is -0.366 e. The number of aromatic nitrogens is 2. The summed E-state index contributed by atoms with van der Waals surface area (Å²) in [6.45, 7) is 2.06. The van der Waals surface area contributed by atoms with Crippen LogP contribution in [0.25, 0.3) is 0 Å². The van der Waals surface area contributed by atoms with Crippen molar-refractivity contribution in [3.05, 3.63) is 12.1 Å². The molecule has 17 heavy (non-hydrogen) atoms. The maximum Gasteiger partial charge on any atom is 0.225 e. The summed E-state index contributed by atoms with van der Waals surface area (Å²) in [7, 11) is 0. The Morgan fingerprint density at radius 2 is 2.06 bits per heavy atom. The third-order valence-electron chi connectivity index (χ3n) is 2.62. The maximum absolute atomic E-state index is 11.4. The Bertz CT molecular complexity index is 373. The molecule has 0 radical (unpaired) electrons. The molecule has 1 heterocycles. The highest BCUT2D eigenvalue weighted by molar-refractivity contribution is 5.89. The number of nitrogens with one attached hydrogen (secondary N) is 2. The van der Waals surface area contributed by atoms with Gasteiger partial charge in [0.2, 0.25) is 5.91 Å². The Hall–Kier alpha value is -1.65. The van der Waals surface area contributed by atoms with Crippen LogP contribution in [0, 0.1) is 0 Å². The van der Waals surface area contributed by atoms with Crippen LogP contribution in [0.5, 0.6) is 0 Å². The van der Waals surface area contributed by atoms with E-state index in [0.29, 0.717) is 18.3 Å². The molecule has 1 aliphatic carbocycles. The van der Waals surface area contributed by atoms with Gasteiger partial charge in [-0.1, -0.05) is 13.3 Å². The smallest absolute Gasteiger partial charge is 0.225 e. The van der Waals surface area contributed by atoms with Gasteiger partial charge in [0, 0.05) is 12.5 Å². The molecule has 0 aromatic carbocycles. The summed E-state index contributed by atoms with van der Waals surface area (Å²) >= 11 is 0. The van der Waals surface area contributed by atoms with Gasteiger partial charge in [0.15, 0.2) is 5.82 Å². The van der Waals surface area contributed by atoms with Crippen molar-refractivity contribution in [2.45, 2.75) is 45.1 Å². The van der Waals surface area contributed by atoms with Crippen LogP contribution in [0.4, 0.5) is 11.6 Å². The van der Waals surface area contributed by atoms with E-state index in [0.717, 1.165) is 18.7 Å². The molecular weight excluding hydrogens is 216 g/mol. The zero-order chi connectivity index (χ0) is 12.1. The Kier molecular flexibility index (Phi) is 3.90. The molecule has 1 aromatic heterocycles. The summed E-state index contributed by atoms with van der Waals surface area (Å²) in [5, 5.41) is 14.0. The molecule has 0 unspecified atom stereocenters. The number of carbonyl (C=O) groups is 1. The highest BCUT2D eigenvalue weighted by atomic mass is 16.1. The molecular formula is C12H18N4O. The van der Waals surface area contributed by atoms with Gasteiger partial charge in [-0.05, 0) is 31.4 Å². The van der Waals surface area contributed by atoms with Crippen molar-refractivity contribution in [3.8, 4) is 0 Å². The lowest BCUT2D eigenvalue weighted by Gasteiger charge is -2.05. The van der Waals surface area contributed by atoms with Crippen LogP contribution in [0.1, 0.15) is 39.0 Å². The van der Waals surface area contributed by atoms with Crippen molar-refractivity contribution >= 4 is 17.5 Å². The van der Waals surface area contributed by atoms with Gasteiger partial charge in [0.25, 0.3) is 0 Å². The van der Waals surface area contributed by atoms with E-state index in [1.54, 1.807) is 6.07 Å². The van der Waals surface area contributed by atoms with Crippen LogP contribution in [0.15, 0.2) is 12.1 Å². The first kappa shape index (κ1) is 11.8. The first-order valence-electron chi connectivity index (χ1n) is 6.18. The van der Waals surface area contributed by atoms with Crippen LogP contribution < -0.4 is 10.6 Å². The van der Waals surface area contributed by atoms with E-state index in [-0.39, 0.29) is 5.91 Å². The van der Waals surface area contributed by atoms with Crippen molar-refractivity contribution in [1.29, 1.82) is 0 Å². The molecule has 0 spiro atoms. The van der Waals surface area contributed by atoms with Crippen LogP contribution in [0.3, 0.4) is 0 Å². The lowest BCUT2D eigenvalue weighted by molar-refractivity contribution is -0.116. The van der Waals surface area contributed by atoms with Crippen molar-refractivity contribution in [3.63, 3.8) is 0 Å². The number of hydrogen-bond donors (Lipinski definition) is 2. The first-order chi connectivity index (χ1) is 8.28. The summed E-state index contributed by atoms with van der Waals surface area (Å²) in [5.41, 5.74) is 0. The third kappa shape index (κ3) is 4.01. The fourth-order valence-corrected chi connectivity index (χ4v) is 1.46. The van der Waals surface area contributed by atoms with Crippen molar-refractivity contribution in [2.75, 3.05) is 10.6 Å². The highest BCUT2D eigenvalue weighted by Crippen LogP contribution is 2.23. The van der Waals surface area contributed by atoms with Crippen molar-refractivity contribution < 1.29 is 4.79 Å². The number of unbranched alkanes of at least 4 members (excludes halogenated alkanes) is 1. The molecule has 0 bridgehead atoms. The van der Waals surface area contributed by atoms with Crippen LogP contribution >= 0.6 is 0 Å². The quantitative estimate of drug-likeness (QED) is 0.791. The molecule has 1 amide bonds. The van der Waals surface area contributed by atoms with Crippen LogP contribution in [-0.4, -0.2) is 22.1 Å². The zero-order valence-electron chi connectivity index (χ0n) is 10.1. The van der Waals surface area contributed by atoms with E-state index in [1.165, 1.54) is 12.8 Å². The summed E-state index contributed by atoms with van der Waals surface area (Å²) in [6, 6.07) is 4.19. The van der Waals surface area contributed by atoms with Crippen molar-refractivity contribution in [2.24, 2.45) is 0 Å². The molecule has 1 aromatic rings. The molecule has 92 valence electrons. The van der Waals surface area contributed by atoms with E-state index in [2.05, 4.69) is 27.8 Å². The Morgan fingerprint density at radius 3 is 2.65 bits per heavy atom. The normalized spacial score (nSPS) is 14.4. The zero-order valence-corrected chi connectivity index (χ0v) is 10.1. The molecule has 0 aliphatic heterocycles. The number of anilines is 2. The average Bonchev–Trinajstić information content (AvgIpc) is 3.13. The second kappa shape index (κ2) is 5.61. The summed E-state index contributed by atoms with van der Waals surface area (Å²) < 4.78 is 0. The second-order valence-corrected chi connectivity index (χ2v) is 4.37. The van der Waals surface area contributed by atoms with Gasteiger partial charge in [0.05, 0.1) is 0 Å². The standard InChI is InChI=1S/C12H18N4O/c1-2-3-4-12(17)14-11-8-7-10(15-16-11)13-9-5-6-9/h7-9H,2-6H2,1H3,(H,13,15)(H,14,16,17). The molecule has 2 N–H and O–H groups in total. The first-order valence-corrected chi connectivity index (χ1v) is 6.18. The van der Waals surface area contributed by atoms with Gasteiger partial charge in [-0.25, -0.2) is 0 Å². The number of nitrogens with zero attached hydrogens (tertiary/aromatic N) is 2. The predicted molar refractivity (Wildman–Crippen MR) is 66.8 cm³/mol. The van der Waals surface area contributed by atoms with E-state index in [9.17, 15) is 4.79 Å². The minimum atomic E-state index is 0.00375. The molecule has 1 saturated carbocycles. The van der Waals surface area contributed by atoms with Gasteiger partial charge < -0.3 is 10.6 Å². The maximum atomic E-state index is 11.4. The van der Waals surface area contributed by atoms with Crippen LogP contribution in [-0.2, 0) is 4.79 Å². The fraction of sp³-hybridized carbons (Fsp3) is 0.583. The Balaban J connectivity index is 1.82. The summed E-state index contributed by atoms with van der Waals surface area (Å²) in [5.74, 6) is 1.30. The predicted octanol–water partition coefficient (Wildman–Crippen LogP) is 2.18. The SMILES string of the molecule is CCCCC(=O)Nc1ccc(NC2CC2)nn1. The van der Waals surface area contributed by atoms with E-state index < -0.39 is 0 Å². The van der Waals surface area contributed by atoms with Gasteiger partial charge in [0.1, 0.15) is 5.82 Å². The molecule has 5 heteroatoms. The topological polar surface area (TPSA) is 66.9 Å². The molecule has 5 nitrogen and oxygen atoms in total. The third-order valence-corrected chi connectivity index (χ3v) is 2.62. The van der Waals surface area contributed by atoms with E-state index in [4.69, 9.17) is 0 Å². The van der Waals surface area contributed by atoms with Crippen molar-refractivity contribution in [1.82, 2.24) is 10.2 Å². The Labute approximate surface area is 101 Å². The van der Waals surface area contributed by atoms with Gasteiger partial charge in [-0.3, -0.25) is 4.79 Å². The van der Waals surface area contributed by atoms with Gasteiger partial charge in [-0.15, -0.1) is 10.2 Å². The summed E-state index contributed by atoms with van der Waals surface area (Å²) in [4.78, 5) is 11.4. The molecule has 2 rings (SSSR count). The number of hydrogen-bond acceptors (Lipinski definition) is 4. The lowest BCUT2D eigenvalue weighted by Crippen LogP contribution is -2.13. The molecule has 0 saturated heterocycles. The van der Waals surface area contributed by atoms with Gasteiger partial charge >= 0.3 is 0 Å². The van der Waals surface area contributed by atoms with E-state index >= 15 is 0 Å². The second-order valence-electron chi connectivity index (χ2n) is 4.37. The number of carbonyl (C=O) groups excluding carboxylic acids is 1. The minimum absolute atomic E-state index is 0.00375. The highest BCUT2D eigenvalue weighted by Gasteiger charge is 2.21. The largest absolute Gasteiger partial charge is 0.366 e. The monoisotopic (exact) mass is 234 g/mol. The summed E-state index contributed by atoms with van der Waals surface area (Å²) in [6.07, 6.45) is 4.87. The number of amides is 1. The average molecular weight is 234 g/mol. The fourth-order valence-electron chi connectivity index (χ4n) is 1.46. The van der Waals surface area contributed by atoms with E-state index in [1.807, 2.05) is 6.07 Å². The van der Waals surface area contributed by atoms with Crippen LogP contribution in [0.2, 0.25) is 0 Å². The number of rotatable bonds is 6. The molecule has 1 aliphatic rings. The van der Waals surface area contributed by atoms with Gasteiger partial charge in [-0.2, -0.15) is 0 Å².